The van der Waals surface area contributed by atoms with Crippen molar-refractivity contribution in [3.8, 4) is 0 Å². The van der Waals surface area contributed by atoms with E-state index in [-0.39, 0.29) is 24.2 Å². The topological polar surface area (TPSA) is 119 Å². The van der Waals surface area contributed by atoms with Gasteiger partial charge in [0.1, 0.15) is 31.0 Å². The van der Waals surface area contributed by atoms with E-state index in [0.717, 1.165) is 0 Å². The molecule has 1 heterocycles. The molecule has 1 fully saturated rings. The molecular weight excluding hydrogens is 392 g/mol. The number of aliphatic hydroxyl groups is 2. The minimum Gasteiger partial charge on any atom is -0.462 e. The van der Waals surface area contributed by atoms with Gasteiger partial charge in [-0.2, -0.15) is 0 Å². The third-order valence-corrected chi connectivity index (χ3v) is 5.11. The number of aliphatic hydroxyl groups excluding tert-OH is 2. The second kappa shape index (κ2) is 9.86. The van der Waals surface area contributed by atoms with Gasteiger partial charge < -0.3 is 24.4 Å². The van der Waals surface area contributed by atoms with Crippen molar-refractivity contribution >= 4 is 17.9 Å². The molecule has 164 valence electrons. The fourth-order valence-corrected chi connectivity index (χ4v) is 3.42. The van der Waals surface area contributed by atoms with Crippen LogP contribution in [0.5, 0.6) is 0 Å². The second-order valence-corrected chi connectivity index (χ2v) is 7.62. The number of hydrogen-bond donors (Lipinski definition) is 2. The van der Waals surface area contributed by atoms with Crippen LogP contribution >= 0.6 is 0 Å². The Labute approximate surface area is 175 Å². The summed E-state index contributed by atoms with van der Waals surface area (Å²) < 4.78 is 15.9. The number of carbonyl (C=O) groups is 3. The summed E-state index contributed by atoms with van der Waals surface area (Å²) in [7, 11) is 0. The van der Waals surface area contributed by atoms with Crippen molar-refractivity contribution < 1.29 is 38.8 Å². The predicted octanol–water partition coefficient (Wildman–Crippen LogP) is 1.52. The van der Waals surface area contributed by atoms with Gasteiger partial charge in [0.25, 0.3) is 0 Å². The molecule has 2 aliphatic rings. The molecule has 0 aromatic carbocycles. The van der Waals surface area contributed by atoms with Crippen LogP contribution in [0.1, 0.15) is 34.1 Å². The number of fused-ring (bicyclic) bond motifs is 1. The highest BCUT2D eigenvalue weighted by molar-refractivity contribution is 5.92. The first-order valence-electron chi connectivity index (χ1n) is 9.63. The quantitative estimate of drug-likeness (QED) is 0.304. The van der Waals surface area contributed by atoms with Crippen molar-refractivity contribution in [3.05, 3.63) is 47.1 Å². The SMILES string of the molecule is C=C1C(=O)O[C@H]2/C=C(\C)[C@@H](O)[C@H](O)/C=C(/C)C[C@@H](OC(=O)/C(C)=C\COC(C)=O)C12. The molecule has 2 rings (SSSR count). The Morgan fingerprint density at radius 3 is 2.57 bits per heavy atom. The molecule has 0 bridgehead atoms. The van der Waals surface area contributed by atoms with E-state index in [1.165, 1.54) is 26.0 Å². The van der Waals surface area contributed by atoms with E-state index in [2.05, 4.69) is 6.58 Å². The molecule has 0 aromatic rings. The Balaban J connectivity index is 2.34. The van der Waals surface area contributed by atoms with Gasteiger partial charge in [-0.15, -0.1) is 0 Å². The fraction of sp³-hybridized carbons (Fsp3) is 0.500. The Hall–Kier alpha value is -2.71. The zero-order valence-corrected chi connectivity index (χ0v) is 17.6. The molecule has 0 amide bonds. The summed E-state index contributed by atoms with van der Waals surface area (Å²) >= 11 is 0. The van der Waals surface area contributed by atoms with Gasteiger partial charge in [0, 0.05) is 24.5 Å². The van der Waals surface area contributed by atoms with Gasteiger partial charge in [-0.1, -0.05) is 18.2 Å². The first kappa shape index (κ1) is 23.6. The van der Waals surface area contributed by atoms with Crippen molar-refractivity contribution in [1.82, 2.24) is 0 Å². The lowest BCUT2D eigenvalue weighted by molar-refractivity contribution is -0.147. The highest BCUT2D eigenvalue weighted by Gasteiger charge is 2.45. The zero-order valence-electron chi connectivity index (χ0n) is 17.6. The molecular formula is C22H28O8. The zero-order chi connectivity index (χ0) is 22.6. The third kappa shape index (κ3) is 5.67. The van der Waals surface area contributed by atoms with Crippen LogP contribution in [0.4, 0.5) is 0 Å². The van der Waals surface area contributed by atoms with Crippen molar-refractivity contribution in [2.45, 2.75) is 58.5 Å². The van der Waals surface area contributed by atoms with Crippen molar-refractivity contribution in [3.63, 3.8) is 0 Å². The van der Waals surface area contributed by atoms with Crippen LogP contribution in [0.2, 0.25) is 0 Å². The van der Waals surface area contributed by atoms with E-state index in [4.69, 9.17) is 14.2 Å². The molecule has 0 aromatic heterocycles. The maximum absolute atomic E-state index is 12.6. The van der Waals surface area contributed by atoms with E-state index in [1.807, 2.05) is 0 Å². The first-order chi connectivity index (χ1) is 14.0. The van der Waals surface area contributed by atoms with E-state index in [1.54, 1.807) is 19.9 Å². The molecule has 1 aliphatic heterocycles. The molecule has 1 unspecified atom stereocenters. The van der Waals surface area contributed by atoms with E-state index in [0.29, 0.717) is 11.1 Å². The Morgan fingerprint density at radius 1 is 1.27 bits per heavy atom. The monoisotopic (exact) mass is 420 g/mol. The number of carbonyl (C=O) groups excluding carboxylic acids is 3. The van der Waals surface area contributed by atoms with Gasteiger partial charge in [0.2, 0.25) is 0 Å². The molecule has 1 aliphatic carbocycles. The molecule has 8 nitrogen and oxygen atoms in total. The third-order valence-electron chi connectivity index (χ3n) is 5.11. The molecule has 0 radical (unpaired) electrons. The summed E-state index contributed by atoms with van der Waals surface area (Å²) in [6.07, 6.45) is 0.788. The van der Waals surface area contributed by atoms with Crippen molar-refractivity contribution in [1.29, 1.82) is 0 Å². The first-order valence-corrected chi connectivity index (χ1v) is 9.63. The highest BCUT2D eigenvalue weighted by atomic mass is 16.6. The standard InChI is InChI=1S/C22H28O8/c1-11-8-16(24)20(25)13(3)10-18-19(14(4)22(27)30-18)17(9-11)29-21(26)12(2)6-7-28-15(5)23/h6,8,10,16-20,24-25H,4,7,9H2,1-3,5H3/b11-8-,12-6-,13-10+/t16-,17-,18+,19?,20-/m1/s1. The average Bonchev–Trinajstić information content (AvgIpc) is 2.92. The smallest absolute Gasteiger partial charge is 0.334 e. The van der Waals surface area contributed by atoms with Gasteiger partial charge in [-0.3, -0.25) is 4.79 Å². The molecule has 5 atom stereocenters. The fourth-order valence-electron chi connectivity index (χ4n) is 3.42. The second-order valence-electron chi connectivity index (χ2n) is 7.62. The van der Waals surface area contributed by atoms with Crippen LogP contribution in [-0.4, -0.2) is 59.1 Å². The average molecular weight is 420 g/mol. The molecule has 0 spiro atoms. The lowest BCUT2D eigenvalue weighted by Crippen LogP contribution is -2.35. The van der Waals surface area contributed by atoms with Gasteiger partial charge >= 0.3 is 17.9 Å². The lowest BCUT2D eigenvalue weighted by Gasteiger charge is -2.29. The lowest BCUT2D eigenvalue weighted by atomic mass is 9.84. The van der Waals surface area contributed by atoms with Crippen LogP contribution in [0.25, 0.3) is 0 Å². The van der Waals surface area contributed by atoms with Crippen LogP contribution in [-0.2, 0) is 28.6 Å². The normalized spacial score (nSPS) is 33.4. The summed E-state index contributed by atoms with van der Waals surface area (Å²) in [6, 6.07) is 0. The predicted molar refractivity (Wildman–Crippen MR) is 107 cm³/mol. The van der Waals surface area contributed by atoms with E-state index >= 15 is 0 Å². The van der Waals surface area contributed by atoms with Crippen LogP contribution in [0.3, 0.4) is 0 Å². The summed E-state index contributed by atoms with van der Waals surface area (Å²) in [5.41, 5.74) is 1.51. The summed E-state index contributed by atoms with van der Waals surface area (Å²) in [6.45, 7) is 9.88. The Morgan fingerprint density at radius 2 is 1.93 bits per heavy atom. The van der Waals surface area contributed by atoms with Crippen LogP contribution < -0.4 is 0 Å². The molecule has 30 heavy (non-hydrogen) atoms. The molecule has 1 saturated heterocycles. The Bertz CT molecular complexity index is 819. The summed E-state index contributed by atoms with van der Waals surface area (Å²) in [4.78, 5) is 35.6. The maximum atomic E-state index is 12.6. The van der Waals surface area contributed by atoms with Gasteiger partial charge in [-0.25, -0.2) is 9.59 Å². The van der Waals surface area contributed by atoms with Crippen LogP contribution in [0.15, 0.2) is 47.1 Å². The maximum Gasteiger partial charge on any atom is 0.334 e. The van der Waals surface area contributed by atoms with Crippen molar-refractivity contribution in [2.75, 3.05) is 6.61 Å². The summed E-state index contributed by atoms with van der Waals surface area (Å²) in [5.74, 6) is -2.36. The molecule has 0 saturated carbocycles. The number of rotatable bonds is 4. The number of hydrogen-bond acceptors (Lipinski definition) is 8. The number of ether oxygens (including phenoxy) is 3. The van der Waals surface area contributed by atoms with E-state index in [9.17, 15) is 24.6 Å². The van der Waals surface area contributed by atoms with Gasteiger partial charge in [0.15, 0.2) is 0 Å². The van der Waals surface area contributed by atoms with E-state index < -0.39 is 48.2 Å². The van der Waals surface area contributed by atoms with Crippen molar-refractivity contribution in [2.24, 2.45) is 5.92 Å². The van der Waals surface area contributed by atoms with Gasteiger partial charge in [-0.05, 0) is 38.5 Å². The van der Waals surface area contributed by atoms with Gasteiger partial charge in [0.05, 0.1) is 5.92 Å². The minimum absolute atomic E-state index is 0.0633. The minimum atomic E-state index is -1.15. The van der Waals surface area contributed by atoms with Crippen LogP contribution in [0, 0.1) is 5.92 Å². The summed E-state index contributed by atoms with van der Waals surface area (Å²) in [5, 5.41) is 20.5. The largest absolute Gasteiger partial charge is 0.462 e. The number of esters is 3. The highest BCUT2D eigenvalue weighted by Crippen LogP contribution is 2.36. The molecule has 2 N–H and O–H groups in total. The Kier molecular flexibility index (Phi) is 7.75. The molecule has 8 heteroatoms.